The van der Waals surface area contributed by atoms with Gasteiger partial charge in [-0.25, -0.2) is 13.6 Å². The minimum absolute atomic E-state index is 0.0239. The molecule has 1 atom stereocenters. The molecule has 8 heteroatoms. The van der Waals surface area contributed by atoms with Crippen LogP contribution in [0.2, 0.25) is 0 Å². The van der Waals surface area contributed by atoms with Crippen molar-refractivity contribution in [2.45, 2.75) is 30.2 Å². The summed E-state index contributed by atoms with van der Waals surface area (Å²) in [5.74, 6) is -0.181. The second-order valence-electron chi connectivity index (χ2n) is 7.42. The highest BCUT2D eigenvalue weighted by Gasteiger charge is 2.27. The highest BCUT2D eigenvalue weighted by Crippen LogP contribution is 2.32. The van der Waals surface area contributed by atoms with Gasteiger partial charge in [-0.1, -0.05) is 30.7 Å². The highest BCUT2D eigenvalue weighted by molar-refractivity contribution is 7.89. The van der Waals surface area contributed by atoms with Gasteiger partial charge in [0, 0.05) is 16.9 Å². The Bertz CT molecular complexity index is 1110. The summed E-state index contributed by atoms with van der Waals surface area (Å²) in [6, 6.07) is 16.4. The minimum atomic E-state index is -3.81. The predicted molar refractivity (Wildman–Crippen MR) is 113 cm³/mol. The van der Waals surface area contributed by atoms with E-state index in [1.165, 1.54) is 12.1 Å². The Labute approximate surface area is 169 Å². The summed E-state index contributed by atoms with van der Waals surface area (Å²) < 4.78 is 23.0. The Kier molecular flexibility index (Phi) is 5.40. The number of nitrogens with zero attached hydrogens (tertiary/aromatic N) is 1. The van der Waals surface area contributed by atoms with Gasteiger partial charge >= 0.3 is 0 Å². The molecule has 4 N–H and O–H groups in total. The Morgan fingerprint density at radius 3 is 2.76 bits per heavy atom. The summed E-state index contributed by atoms with van der Waals surface area (Å²) >= 11 is 0. The first kappa shape index (κ1) is 19.6. The zero-order valence-corrected chi connectivity index (χ0v) is 16.8. The number of carbonyl (C=O) groups is 1. The molecule has 29 heavy (non-hydrogen) atoms. The van der Waals surface area contributed by atoms with E-state index >= 15 is 0 Å². The zero-order chi connectivity index (χ0) is 20.4. The molecule has 1 saturated heterocycles. The molecule has 2 aromatic carbocycles. The number of hydrogen-bond donors (Lipinski definition) is 3. The second kappa shape index (κ2) is 7.98. The van der Waals surface area contributed by atoms with E-state index in [0.717, 1.165) is 42.4 Å². The number of nitrogens with two attached hydrogens (primary N) is 1. The standard InChI is InChI=1S/C21H24N4O3S/c22-29(27,28)17-8-5-7-16(13-17)23-21(26)14-25-11-4-3-10-20(25)19-12-15-6-1-2-9-18(15)24-19/h1-2,5-9,12-13,20,24H,3-4,10-11,14H2,(H,23,26)(H2,22,27,28). The van der Waals surface area contributed by atoms with Crippen molar-refractivity contribution in [3.63, 3.8) is 0 Å². The number of piperidine rings is 1. The minimum Gasteiger partial charge on any atom is -0.357 e. The van der Waals surface area contributed by atoms with Crippen LogP contribution in [-0.2, 0) is 14.8 Å². The predicted octanol–water partition coefficient (Wildman–Crippen LogP) is 2.98. The van der Waals surface area contributed by atoms with Crippen molar-refractivity contribution in [2.24, 2.45) is 5.14 Å². The van der Waals surface area contributed by atoms with E-state index in [-0.39, 0.29) is 23.4 Å². The van der Waals surface area contributed by atoms with E-state index in [0.29, 0.717) is 5.69 Å². The Morgan fingerprint density at radius 1 is 1.14 bits per heavy atom. The number of para-hydroxylation sites is 1. The van der Waals surface area contributed by atoms with Crippen molar-refractivity contribution in [3.05, 3.63) is 60.3 Å². The SMILES string of the molecule is NS(=O)(=O)c1cccc(NC(=O)CN2CCCCC2c2cc3ccccc3[nH]2)c1. The molecule has 1 unspecified atom stereocenters. The van der Waals surface area contributed by atoms with Crippen LogP contribution in [-0.4, -0.2) is 37.3 Å². The number of carbonyl (C=O) groups excluding carboxylic acids is 1. The molecule has 3 aromatic rings. The molecule has 2 heterocycles. The molecule has 7 nitrogen and oxygen atoms in total. The van der Waals surface area contributed by atoms with Crippen LogP contribution in [0.15, 0.2) is 59.5 Å². The molecular formula is C21H24N4O3S. The first-order valence-electron chi connectivity index (χ1n) is 9.64. The molecule has 1 aliphatic rings. The first-order chi connectivity index (χ1) is 13.9. The molecule has 0 bridgehead atoms. The van der Waals surface area contributed by atoms with Gasteiger partial charge in [0.25, 0.3) is 0 Å². The third-order valence-corrected chi connectivity index (χ3v) is 6.23. The van der Waals surface area contributed by atoms with Crippen LogP contribution in [0.25, 0.3) is 10.9 Å². The van der Waals surface area contributed by atoms with Crippen LogP contribution < -0.4 is 10.5 Å². The summed E-state index contributed by atoms with van der Waals surface area (Å²) in [5.41, 5.74) is 2.63. The number of nitrogens with one attached hydrogen (secondary N) is 2. The van der Waals surface area contributed by atoms with Crippen molar-refractivity contribution >= 4 is 32.5 Å². The Balaban J connectivity index is 1.49. The number of aromatic nitrogens is 1. The molecule has 152 valence electrons. The van der Waals surface area contributed by atoms with Gasteiger partial charge in [-0.2, -0.15) is 0 Å². The number of likely N-dealkylation sites (tertiary alicyclic amines) is 1. The third-order valence-electron chi connectivity index (χ3n) is 5.32. The highest BCUT2D eigenvalue weighted by atomic mass is 32.2. The average Bonchev–Trinajstić information content (AvgIpc) is 3.12. The second-order valence-corrected chi connectivity index (χ2v) is 8.98. The number of primary sulfonamides is 1. The van der Waals surface area contributed by atoms with Gasteiger partial charge in [0.05, 0.1) is 17.5 Å². The van der Waals surface area contributed by atoms with E-state index in [1.807, 2.05) is 12.1 Å². The third kappa shape index (κ3) is 4.50. The maximum atomic E-state index is 12.6. The van der Waals surface area contributed by atoms with Crippen LogP contribution in [0.5, 0.6) is 0 Å². The van der Waals surface area contributed by atoms with Gasteiger partial charge < -0.3 is 10.3 Å². The largest absolute Gasteiger partial charge is 0.357 e. The molecule has 0 spiro atoms. The van der Waals surface area contributed by atoms with Crippen LogP contribution >= 0.6 is 0 Å². The molecule has 0 radical (unpaired) electrons. The number of H-pyrrole nitrogens is 1. The monoisotopic (exact) mass is 412 g/mol. The molecule has 1 amide bonds. The number of sulfonamides is 1. The van der Waals surface area contributed by atoms with Crippen LogP contribution in [0.4, 0.5) is 5.69 Å². The number of aromatic amines is 1. The van der Waals surface area contributed by atoms with Gasteiger partial charge in [0.1, 0.15) is 0 Å². The van der Waals surface area contributed by atoms with Gasteiger partial charge in [0.15, 0.2) is 0 Å². The number of amides is 1. The van der Waals surface area contributed by atoms with Crippen molar-refractivity contribution in [1.82, 2.24) is 9.88 Å². The Morgan fingerprint density at radius 2 is 1.97 bits per heavy atom. The maximum Gasteiger partial charge on any atom is 0.238 e. The van der Waals surface area contributed by atoms with E-state index in [2.05, 4.69) is 33.4 Å². The van der Waals surface area contributed by atoms with Crippen molar-refractivity contribution in [3.8, 4) is 0 Å². The van der Waals surface area contributed by atoms with Crippen molar-refractivity contribution in [2.75, 3.05) is 18.4 Å². The molecule has 0 saturated carbocycles. The van der Waals surface area contributed by atoms with Gasteiger partial charge in [-0.05, 0) is 55.1 Å². The maximum absolute atomic E-state index is 12.6. The molecule has 1 aliphatic heterocycles. The summed E-state index contributed by atoms with van der Waals surface area (Å²) in [4.78, 5) is 18.3. The van der Waals surface area contributed by atoms with E-state index in [9.17, 15) is 13.2 Å². The number of rotatable bonds is 5. The lowest BCUT2D eigenvalue weighted by molar-refractivity contribution is -0.118. The van der Waals surface area contributed by atoms with E-state index in [4.69, 9.17) is 5.14 Å². The van der Waals surface area contributed by atoms with Crippen LogP contribution in [0.3, 0.4) is 0 Å². The average molecular weight is 413 g/mol. The zero-order valence-electron chi connectivity index (χ0n) is 16.0. The lowest BCUT2D eigenvalue weighted by Gasteiger charge is -2.34. The van der Waals surface area contributed by atoms with Gasteiger partial charge in [-0.3, -0.25) is 9.69 Å². The number of anilines is 1. The first-order valence-corrected chi connectivity index (χ1v) is 11.2. The summed E-state index contributed by atoms with van der Waals surface area (Å²) in [7, 11) is -3.81. The van der Waals surface area contributed by atoms with Gasteiger partial charge in [0.2, 0.25) is 15.9 Å². The Hall–Kier alpha value is -2.68. The normalized spacial score (nSPS) is 18.0. The topological polar surface area (TPSA) is 108 Å². The number of fused-ring (bicyclic) bond motifs is 1. The molecule has 0 aliphatic carbocycles. The van der Waals surface area contributed by atoms with Crippen molar-refractivity contribution < 1.29 is 13.2 Å². The molecule has 4 rings (SSSR count). The van der Waals surface area contributed by atoms with Crippen LogP contribution in [0, 0.1) is 0 Å². The van der Waals surface area contributed by atoms with Crippen molar-refractivity contribution in [1.29, 1.82) is 0 Å². The smallest absolute Gasteiger partial charge is 0.238 e. The lowest BCUT2D eigenvalue weighted by atomic mass is 9.99. The van der Waals surface area contributed by atoms with Crippen LogP contribution in [0.1, 0.15) is 31.0 Å². The number of hydrogen-bond acceptors (Lipinski definition) is 4. The molecule has 1 aromatic heterocycles. The number of benzene rings is 2. The molecule has 1 fully saturated rings. The molecular weight excluding hydrogens is 388 g/mol. The fraction of sp³-hybridized carbons (Fsp3) is 0.286. The fourth-order valence-electron chi connectivity index (χ4n) is 3.94. The summed E-state index contributed by atoms with van der Waals surface area (Å²) in [6.07, 6.45) is 3.15. The van der Waals surface area contributed by atoms with E-state index in [1.54, 1.807) is 12.1 Å². The quantitative estimate of drug-likeness (QED) is 0.599. The van der Waals surface area contributed by atoms with Gasteiger partial charge in [-0.15, -0.1) is 0 Å². The summed E-state index contributed by atoms with van der Waals surface area (Å²) in [6.45, 7) is 1.07. The summed E-state index contributed by atoms with van der Waals surface area (Å²) in [5, 5.41) is 9.12. The lowest BCUT2D eigenvalue weighted by Crippen LogP contribution is -2.39. The van der Waals surface area contributed by atoms with E-state index < -0.39 is 10.0 Å². The fourth-order valence-corrected chi connectivity index (χ4v) is 4.50.